The second-order valence-electron chi connectivity index (χ2n) is 4.33. The van der Waals surface area contributed by atoms with Gasteiger partial charge in [-0.2, -0.15) is 0 Å². The molecule has 0 aliphatic heterocycles. The van der Waals surface area contributed by atoms with E-state index < -0.39 is 6.04 Å². The van der Waals surface area contributed by atoms with Gasteiger partial charge >= 0.3 is 0 Å². The summed E-state index contributed by atoms with van der Waals surface area (Å²) in [7, 11) is 0. The summed E-state index contributed by atoms with van der Waals surface area (Å²) in [6, 6.07) is -0.390. The number of carbonyl (C=O) groups excluding carboxylic acids is 1. The van der Waals surface area contributed by atoms with Crippen LogP contribution in [0.2, 0.25) is 0 Å². The van der Waals surface area contributed by atoms with Crippen LogP contribution in [0.1, 0.15) is 52.9 Å². The van der Waals surface area contributed by atoms with E-state index in [4.69, 9.17) is 5.73 Å². The summed E-state index contributed by atoms with van der Waals surface area (Å²) in [6.45, 7) is 6.89. The average Bonchev–Trinajstić information content (AvgIpc) is 2.21. The van der Waals surface area contributed by atoms with Crippen LogP contribution < -0.4 is 11.1 Å². The molecule has 2 atom stereocenters. The SMILES string of the molecule is CCCCC(CCC)CNC(=O)[C@H](C)N. The predicted molar refractivity (Wildman–Crippen MR) is 64.6 cm³/mol. The van der Waals surface area contributed by atoms with Crippen molar-refractivity contribution < 1.29 is 4.79 Å². The summed E-state index contributed by atoms with van der Waals surface area (Å²) in [6.07, 6.45) is 6.06. The van der Waals surface area contributed by atoms with Gasteiger partial charge in [-0.05, 0) is 25.7 Å². The standard InChI is InChI=1S/C12H26N2O/c1-4-6-8-11(7-5-2)9-14-12(15)10(3)13/h10-11H,4-9,13H2,1-3H3,(H,14,15)/t10-,11?/m0/s1. The van der Waals surface area contributed by atoms with E-state index in [2.05, 4.69) is 19.2 Å². The monoisotopic (exact) mass is 214 g/mol. The van der Waals surface area contributed by atoms with E-state index in [1.54, 1.807) is 6.92 Å². The molecule has 3 nitrogen and oxygen atoms in total. The van der Waals surface area contributed by atoms with Gasteiger partial charge in [-0.1, -0.05) is 33.1 Å². The van der Waals surface area contributed by atoms with Gasteiger partial charge < -0.3 is 11.1 Å². The molecule has 1 unspecified atom stereocenters. The minimum atomic E-state index is -0.390. The molecule has 0 saturated carbocycles. The van der Waals surface area contributed by atoms with Crippen molar-refractivity contribution in [3.8, 4) is 0 Å². The maximum Gasteiger partial charge on any atom is 0.236 e. The third kappa shape index (κ3) is 7.37. The molecule has 0 aromatic carbocycles. The fourth-order valence-electron chi connectivity index (χ4n) is 1.66. The Bertz CT molecular complexity index is 169. The van der Waals surface area contributed by atoms with Crippen molar-refractivity contribution >= 4 is 5.91 Å². The van der Waals surface area contributed by atoms with Crippen LogP contribution in [0.3, 0.4) is 0 Å². The number of nitrogens with two attached hydrogens (primary N) is 1. The smallest absolute Gasteiger partial charge is 0.236 e. The fraction of sp³-hybridized carbons (Fsp3) is 0.917. The second kappa shape index (κ2) is 8.72. The van der Waals surface area contributed by atoms with Gasteiger partial charge in [-0.15, -0.1) is 0 Å². The first-order valence-corrected chi connectivity index (χ1v) is 6.15. The first kappa shape index (κ1) is 14.4. The molecule has 0 saturated heterocycles. The first-order valence-electron chi connectivity index (χ1n) is 6.15. The Morgan fingerprint density at radius 1 is 1.27 bits per heavy atom. The fourth-order valence-corrected chi connectivity index (χ4v) is 1.66. The largest absolute Gasteiger partial charge is 0.354 e. The molecule has 15 heavy (non-hydrogen) atoms. The summed E-state index contributed by atoms with van der Waals surface area (Å²) >= 11 is 0. The van der Waals surface area contributed by atoms with Crippen LogP contribution in [0.4, 0.5) is 0 Å². The normalized spacial score (nSPS) is 14.7. The second-order valence-corrected chi connectivity index (χ2v) is 4.33. The molecule has 0 aromatic rings. The van der Waals surface area contributed by atoms with Crippen LogP contribution in [0.5, 0.6) is 0 Å². The molecule has 0 fully saturated rings. The molecule has 90 valence electrons. The Morgan fingerprint density at radius 3 is 2.40 bits per heavy atom. The van der Waals surface area contributed by atoms with Crippen molar-refractivity contribution in [3.63, 3.8) is 0 Å². The summed E-state index contributed by atoms with van der Waals surface area (Å²) in [5, 5.41) is 2.91. The average molecular weight is 214 g/mol. The Morgan fingerprint density at radius 2 is 1.93 bits per heavy atom. The van der Waals surface area contributed by atoms with Gasteiger partial charge in [0.2, 0.25) is 5.91 Å². The number of amides is 1. The van der Waals surface area contributed by atoms with Crippen LogP contribution in [0.15, 0.2) is 0 Å². The Hall–Kier alpha value is -0.570. The molecule has 0 spiro atoms. The zero-order chi connectivity index (χ0) is 11.7. The van der Waals surface area contributed by atoms with Crippen molar-refractivity contribution in [1.82, 2.24) is 5.32 Å². The van der Waals surface area contributed by atoms with Crippen LogP contribution in [0, 0.1) is 5.92 Å². The number of hydrogen-bond acceptors (Lipinski definition) is 2. The molecule has 0 rings (SSSR count). The van der Waals surface area contributed by atoms with Gasteiger partial charge in [0.05, 0.1) is 6.04 Å². The zero-order valence-electron chi connectivity index (χ0n) is 10.4. The van der Waals surface area contributed by atoms with E-state index in [0.717, 1.165) is 6.54 Å². The Labute approximate surface area is 93.8 Å². The summed E-state index contributed by atoms with van der Waals surface area (Å²) in [4.78, 5) is 11.3. The zero-order valence-corrected chi connectivity index (χ0v) is 10.4. The molecule has 3 heteroatoms. The molecule has 0 heterocycles. The lowest BCUT2D eigenvalue weighted by molar-refractivity contribution is -0.122. The van der Waals surface area contributed by atoms with Crippen molar-refractivity contribution in [2.45, 2.75) is 58.9 Å². The van der Waals surface area contributed by atoms with Crippen LogP contribution in [0.25, 0.3) is 0 Å². The van der Waals surface area contributed by atoms with Gasteiger partial charge in [-0.25, -0.2) is 0 Å². The predicted octanol–water partition coefficient (Wildman–Crippen LogP) is 2.06. The lowest BCUT2D eigenvalue weighted by Crippen LogP contribution is -2.40. The van der Waals surface area contributed by atoms with E-state index in [-0.39, 0.29) is 5.91 Å². The molecule has 0 aromatic heterocycles. The number of hydrogen-bond donors (Lipinski definition) is 2. The van der Waals surface area contributed by atoms with Gasteiger partial charge in [0.15, 0.2) is 0 Å². The quantitative estimate of drug-likeness (QED) is 0.650. The van der Waals surface area contributed by atoms with Crippen LogP contribution in [-0.2, 0) is 4.79 Å². The molecule has 0 bridgehead atoms. The van der Waals surface area contributed by atoms with Crippen LogP contribution in [-0.4, -0.2) is 18.5 Å². The van der Waals surface area contributed by atoms with Crippen molar-refractivity contribution in [1.29, 1.82) is 0 Å². The molecule has 0 aliphatic rings. The van der Waals surface area contributed by atoms with Gasteiger partial charge in [-0.3, -0.25) is 4.79 Å². The highest BCUT2D eigenvalue weighted by atomic mass is 16.2. The van der Waals surface area contributed by atoms with E-state index >= 15 is 0 Å². The van der Waals surface area contributed by atoms with E-state index in [1.165, 1.54) is 32.1 Å². The maximum absolute atomic E-state index is 11.3. The number of rotatable bonds is 8. The van der Waals surface area contributed by atoms with E-state index in [0.29, 0.717) is 5.92 Å². The highest BCUT2D eigenvalue weighted by molar-refractivity contribution is 5.80. The summed E-state index contributed by atoms with van der Waals surface area (Å²) in [5.41, 5.74) is 5.48. The molecule has 1 amide bonds. The highest BCUT2D eigenvalue weighted by Gasteiger charge is 2.11. The van der Waals surface area contributed by atoms with Crippen molar-refractivity contribution in [3.05, 3.63) is 0 Å². The Balaban J connectivity index is 3.78. The van der Waals surface area contributed by atoms with Gasteiger partial charge in [0.1, 0.15) is 0 Å². The van der Waals surface area contributed by atoms with Crippen LogP contribution >= 0.6 is 0 Å². The lowest BCUT2D eigenvalue weighted by atomic mass is 9.97. The number of nitrogens with one attached hydrogen (secondary N) is 1. The van der Waals surface area contributed by atoms with Crippen molar-refractivity contribution in [2.24, 2.45) is 11.7 Å². The number of carbonyl (C=O) groups is 1. The molecular weight excluding hydrogens is 188 g/mol. The maximum atomic E-state index is 11.3. The highest BCUT2D eigenvalue weighted by Crippen LogP contribution is 2.13. The van der Waals surface area contributed by atoms with E-state index in [1.807, 2.05) is 0 Å². The molecule has 3 N–H and O–H groups in total. The Kier molecular flexibility index (Phi) is 8.38. The number of unbranched alkanes of at least 4 members (excludes halogenated alkanes) is 1. The summed E-state index contributed by atoms with van der Waals surface area (Å²) < 4.78 is 0. The molecule has 0 aliphatic carbocycles. The molecular formula is C12H26N2O. The van der Waals surface area contributed by atoms with Gasteiger partial charge in [0, 0.05) is 6.54 Å². The lowest BCUT2D eigenvalue weighted by Gasteiger charge is -2.17. The first-order chi connectivity index (χ1) is 7.11. The third-order valence-corrected chi connectivity index (χ3v) is 2.64. The minimum absolute atomic E-state index is 0.0346. The minimum Gasteiger partial charge on any atom is -0.354 e. The third-order valence-electron chi connectivity index (χ3n) is 2.64. The summed E-state index contributed by atoms with van der Waals surface area (Å²) in [5.74, 6) is 0.588. The molecule has 0 radical (unpaired) electrons. The van der Waals surface area contributed by atoms with E-state index in [9.17, 15) is 4.79 Å². The van der Waals surface area contributed by atoms with Gasteiger partial charge in [0.25, 0.3) is 0 Å². The van der Waals surface area contributed by atoms with Crippen molar-refractivity contribution in [2.75, 3.05) is 6.54 Å². The topological polar surface area (TPSA) is 55.1 Å².